The third-order valence-electron chi connectivity index (χ3n) is 5.04. The van der Waals surface area contributed by atoms with Gasteiger partial charge in [-0.2, -0.15) is 4.73 Å². The zero-order chi connectivity index (χ0) is 25.3. The van der Waals surface area contributed by atoms with E-state index in [0.717, 1.165) is 25.5 Å². The van der Waals surface area contributed by atoms with Crippen LogP contribution in [0.2, 0.25) is 0 Å². The first-order chi connectivity index (χ1) is 16.0. The third kappa shape index (κ3) is 8.41. The second-order valence-corrected chi connectivity index (χ2v) is 8.16. The molecular formula is C20H26ClN3O10. The summed E-state index contributed by atoms with van der Waals surface area (Å²) < 4.78 is 6.02. The fourth-order valence-corrected chi connectivity index (χ4v) is 3.53. The van der Waals surface area contributed by atoms with E-state index in [9.17, 15) is 29.5 Å². The van der Waals surface area contributed by atoms with E-state index in [4.69, 9.17) is 31.6 Å². The highest BCUT2D eigenvalue weighted by atomic mass is 35.5. The fourth-order valence-electron chi connectivity index (χ4n) is 3.37. The molecule has 1 fully saturated rings. The predicted octanol–water partition coefficient (Wildman–Crippen LogP) is -0.0742. The van der Waals surface area contributed by atoms with Crippen LogP contribution in [0.5, 0.6) is 0 Å². The number of pyridine rings is 1. The van der Waals surface area contributed by atoms with Crippen LogP contribution in [0, 0.1) is 5.21 Å². The number of carboxylic acid groups (broad SMARTS) is 2. The first-order valence-electron chi connectivity index (χ1n) is 10.4. The highest BCUT2D eigenvalue weighted by molar-refractivity contribution is 6.22. The molecule has 0 aromatic carbocycles. The molecule has 1 aromatic rings. The van der Waals surface area contributed by atoms with Crippen molar-refractivity contribution in [3.8, 4) is 0 Å². The Bertz CT molecular complexity index is 895. The highest BCUT2D eigenvalue weighted by Gasteiger charge is 2.42. The summed E-state index contributed by atoms with van der Waals surface area (Å²) in [5.74, 6) is -5.51. The van der Waals surface area contributed by atoms with Crippen molar-refractivity contribution < 1.29 is 48.8 Å². The molecule has 0 saturated carbocycles. The molecule has 1 aromatic heterocycles. The molecule has 1 saturated heterocycles. The molecule has 13 nitrogen and oxygen atoms in total. The summed E-state index contributed by atoms with van der Waals surface area (Å²) in [5, 5.41) is 39.4. The number of nitrogens with zero attached hydrogens (tertiary/aromatic N) is 3. The second-order valence-electron chi connectivity index (χ2n) is 7.86. The Labute approximate surface area is 199 Å². The van der Waals surface area contributed by atoms with Crippen molar-refractivity contribution in [2.45, 2.75) is 43.8 Å². The number of hydrogen-bond donors (Lipinski definition) is 3. The monoisotopic (exact) mass is 503 g/mol. The summed E-state index contributed by atoms with van der Waals surface area (Å²) in [5.41, 5.74) is -2.91. The predicted molar refractivity (Wildman–Crippen MR) is 113 cm³/mol. The Balaban J connectivity index is 2.04. The maximum absolute atomic E-state index is 12.4. The number of likely N-dealkylation sites (tertiary alicyclic amines) is 1. The molecule has 0 bridgehead atoms. The summed E-state index contributed by atoms with van der Waals surface area (Å²) in [6.07, 6.45) is 1.70. The lowest BCUT2D eigenvalue weighted by atomic mass is 9.96. The van der Waals surface area contributed by atoms with E-state index in [2.05, 4.69) is 0 Å². The molecule has 0 radical (unpaired) electrons. The number of carbonyl (C=O) groups excluding carboxylic acids is 2. The number of hydrogen-bond acceptors (Lipinski definition) is 9. The molecule has 2 atom stereocenters. The fraction of sp³-hybridized carbons (Fsp3) is 0.550. The first kappa shape index (κ1) is 27.2. The van der Waals surface area contributed by atoms with Crippen LogP contribution in [0.15, 0.2) is 24.5 Å². The normalized spacial score (nSPS) is 16.8. The smallest absolute Gasteiger partial charge is 0.336 e. The van der Waals surface area contributed by atoms with Gasteiger partial charge in [-0.15, -0.1) is 4.58 Å². The minimum atomic E-state index is -2.85. The topological polar surface area (TPSA) is 181 Å². The second kappa shape index (κ2) is 12.5. The molecule has 188 valence electrons. The molecule has 1 aliphatic heterocycles. The largest absolute Gasteiger partial charge is 0.619 e. The van der Waals surface area contributed by atoms with Gasteiger partial charge in [-0.25, -0.2) is 4.79 Å². The molecule has 34 heavy (non-hydrogen) atoms. The summed E-state index contributed by atoms with van der Waals surface area (Å²) in [4.78, 5) is 54.1. The van der Waals surface area contributed by atoms with E-state index in [-0.39, 0.29) is 12.1 Å². The number of piperidine rings is 1. The van der Waals surface area contributed by atoms with Gasteiger partial charge in [0.25, 0.3) is 5.91 Å². The van der Waals surface area contributed by atoms with Gasteiger partial charge in [0.2, 0.25) is 0 Å². The molecule has 0 aliphatic carbocycles. The molecular weight excluding hydrogens is 478 g/mol. The average molecular weight is 504 g/mol. The SMILES string of the molecule is O=C(O)CC(O)(CC(=O)OC(CON(Cl)C(=O)c1ccc[n+]([O-])c1)CN1CCCCC1)C(=O)O. The van der Waals surface area contributed by atoms with Gasteiger partial charge in [0.15, 0.2) is 18.0 Å². The van der Waals surface area contributed by atoms with Crippen LogP contribution in [0.1, 0.15) is 42.5 Å². The number of aliphatic hydroxyl groups is 1. The molecule has 3 N–H and O–H groups in total. The van der Waals surface area contributed by atoms with Crippen molar-refractivity contribution in [1.29, 1.82) is 0 Å². The van der Waals surface area contributed by atoms with Gasteiger partial charge < -0.3 is 25.3 Å². The minimum Gasteiger partial charge on any atom is -0.619 e. The van der Waals surface area contributed by atoms with E-state index in [1.807, 2.05) is 4.90 Å². The molecule has 14 heteroatoms. The van der Waals surface area contributed by atoms with Gasteiger partial charge in [0.1, 0.15) is 18.3 Å². The van der Waals surface area contributed by atoms with Crippen molar-refractivity contribution in [3.63, 3.8) is 0 Å². The molecule has 1 amide bonds. The maximum Gasteiger partial charge on any atom is 0.336 e. The van der Waals surface area contributed by atoms with Crippen LogP contribution in [0.4, 0.5) is 0 Å². The Morgan fingerprint density at radius 1 is 1.21 bits per heavy atom. The quantitative estimate of drug-likeness (QED) is 0.114. The van der Waals surface area contributed by atoms with Crippen molar-refractivity contribution >= 4 is 35.6 Å². The van der Waals surface area contributed by atoms with Gasteiger partial charge in [-0.3, -0.25) is 24.1 Å². The summed E-state index contributed by atoms with van der Waals surface area (Å²) >= 11 is 5.86. The Kier molecular flexibility index (Phi) is 9.98. The highest BCUT2D eigenvalue weighted by Crippen LogP contribution is 2.19. The average Bonchev–Trinajstić information content (AvgIpc) is 2.76. The van der Waals surface area contributed by atoms with E-state index < -0.39 is 55.0 Å². The van der Waals surface area contributed by atoms with Crippen LogP contribution in [0.3, 0.4) is 0 Å². The number of halogens is 1. The number of carboxylic acids is 2. The number of esters is 1. The van der Waals surface area contributed by atoms with Gasteiger partial charge in [-0.05, 0) is 32.0 Å². The summed E-state index contributed by atoms with van der Waals surface area (Å²) in [7, 11) is 0. The first-order valence-corrected chi connectivity index (χ1v) is 10.8. The van der Waals surface area contributed by atoms with E-state index in [1.54, 1.807) is 0 Å². The lowest BCUT2D eigenvalue weighted by Crippen LogP contribution is -2.45. The third-order valence-corrected chi connectivity index (χ3v) is 5.29. The standard InChI is InChI=1S/C20H26ClN3O10/c21-24(18(28)14-5-4-8-23(32)11-14)33-13-15(12-22-6-2-1-3-7-22)34-17(27)10-20(31,19(29)30)9-16(25)26/h4-5,8,11,15,31H,1-3,6-7,9-10,12-13H2,(H,25,26)(H,29,30). The number of aromatic nitrogens is 1. The lowest BCUT2D eigenvalue weighted by molar-refractivity contribution is -0.605. The minimum absolute atomic E-state index is 0.0581. The van der Waals surface area contributed by atoms with E-state index in [0.29, 0.717) is 22.4 Å². The summed E-state index contributed by atoms with van der Waals surface area (Å²) in [6.45, 7) is 1.18. The van der Waals surface area contributed by atoms with Gasteiger partial charge >= 0.3 is 17.9 Å². The van der Waals surface area contributed by atoms with Crippen LogP contribution >= 0.6 is 11.8 Å². The zero-order valence-corrected chi connectivity index (χ0v) is 18.9. The Morgan fingerprint density at radius 3 is 2.47 bits per heavy atom. The number of amides is 1. The van der Waals surface area contributed by atoms with Crippen molar-refractivity contribution in [1.82, 2.24) is 9.48 Å². The van der Waals surface area contributed by atoms with Crippen LogP contribution < -0.4 is 4.73 Å². The van der Waals surface area contributed by atoms with Crippen LogP contribution in [-0.2, 0) is 24.0 Å². The number of rotatable bonds is 12. The Morgan fingerprint density at radius 2 is 1.88 bits per heavy atom. The molecule has 1 aliphatic rings. The number of ether oxygens (including phenoxy) is 1. The van der Waals surface area contributed by atoms with Crippen molar-refractivity contribution in [2.24, 2.45) is 0 Å². The molecule has 2 heterocycles. The van der Waals surface area contributed by atoms with Crippen LogP contribution in [0.25, 0.3) is 0 Å². The molecule has 0 spiro atoms. The van der Waals surface area contributed by atoms with Gasteiger partial charge in [0.05, 0.1) is 12.8 Å². The van der Waals surface area contributed by atoms with Gasteiger partial charge in [-0.1, -0.05) is 6.42 Å². The van der Waals surface area contributed by atoms with Crippen molar-refractivity contribution in [2.75, 3.05) is 26.2 Å². The molecule has 2 rings (SSSR count). The number of aliphatic carboxylic acids is 2. The Hall–Kier alpha value is -3.00. The lowest BCUT2D eigenvalue weighted by Gasteiger charge is -2.31. The summed E-state index contributed by atoms with van der Waals surface area (Å²) in [6, 6.07) is 2.68. The molecule has 2 unspecified atom stereocenters. The maximum atomic E-state index is 12.4. The van der Waals surface area contributed by atoms with Gasteiger partial charge in [0, 0.05) is 24.4 Å². The zero-order valence-electron chi connectivity index (χ0n) is 18.2. The van der Waals surface area contributed by atoms with Crippen LogP contribution in [-0.4, -0.2) is 86.6 Å². The van der Waals surface area contributed by atoms with E-state index >= 15 is 0 Å². The number of carbonyl (C=O) groups is 4. The van der Waals surface area contributed by atoms with E-state index in [1.165, 1.54) is 18.3 Å². The number of hydroxylamine groups is 1. The van der Waals surface area contributed by atoms with Crippen molar-refractivity contribution in [3.05, 3.63) is 35.3 Å².